The molecular weight excluding hydrogens is 1010 g/mol. The Morgan fingerprint density at radius 1 is 0.647 bits per heavy atom. The molecule has 0 amide bonds. The predicted molar refractivity (Wildman–Crippen MR) is 274 cm³/mol. The van der Waals surface area contributed by atoms with Crippen LogP contribution in [0.4, 0.5) is 17.1 Å². The van der Waals surface area contributed by atoms with E-state index < -0.39 is 5.41 Å². The Morgan fingerprint density at radius 3 is 1.88 bits per heavy atom. The van der Waals surface area contributed by atoms with Gasteiger partial charge in [-0.1, -0.05) is 149 Å². The molecule has 0 unspecified atom stereocenters. The summed E-state index contributed by atoms with van der Waals surface area (Å²) in [5.41, 5.74) is 17.7. The van der Waals surface area contributed by atoms with E-state index in [9.17, 15) is 5.26 Å². The third-order valence-electron chi connectivity index (χ3n) is 14.4. The average molecular weight is 1070 g/mol. The Morgan fingerprint density at radius 2 is 1.26 bits per heavy atom. The summed E-state index contributed by atoms with van der Waals surface area (Å²) >= 11 is 0. The van der Waals surface area contributed by atoms with Gasteiger partial charge in [0.25, 0.3) is 0 Å². The van der Waals surface area contributed by atoms with Crippen molar-refractivity contribution >= 4 is 38.9 Å². The molecular formula is C61H58N5OPt-3. The number of ether oxygens (including phenoxy) is 1. The molecule has 0 saturated carbocycles. The minimum atomic E-state index is -0.690. The van der Waals surface area contributed by atoms with Gasteiger partial charge in [-0.3, -0.25) is 0 Å². The van der Waals surface area contributed by atoms with E-state index in [1.54, 1.807) is 12.3 Å². The molecule has 0 bridgehead atoms. The zero-order chi connectivity index (χ0) is 47.3. The number of nitriles is 1. The second-order valence-corrected chi connectivity index (χ2v) is 23.1. The number of rotatable bonds is 3. The van der Waals surface area contributed by atoms with Crippen LogP contribution in [0.3, 0.4) is 0 Å². The number of anilines is 3. The van der Waals surface area contributed by atoms with Crippen LogP contribution in [0.1, 0.15) is 133 Å². The number of nitrogens with zero attached hydrogens (tertiary/aromatic N) is 5. The van der Waals surface area contributed by atoms with Crippen LogP contribution in [-0.4, -0.2) is 16.6 Å². The molecule has 11 rings (SSSR count). The minimum absolute atomic E-state index is 0. The van der Waals surface area contributed by atoms with E-state index in [0.29, 0.717) is 22.9 Å². The van der Waals surface area contributed by atoms with Gasteiger partial charge in [0.2, 0.25) is 0 Å². The fourth-order valence-corrected chi connectivity index (χ4v) is 11.1. The summed E-state index contributed by atoms with van der Waals surface area (Å²) in [5.74, 6) is 1.81. The molecule has 2 aromatic heterocycles. The van der Waals surface area contributed by atoms with Crippen molar-refractivity contribution in [2.75, 3.05) is 16.8 Å². The number of pyridine rings is 1. The molecule has 6 aromatic carbocycles. The molecule has 3 aliphatic rings. The number of benzene rings is 6. The van der Waals surface area contributed by atoms with Gasteiger partial charge in [0.1, 0.15) is 5.82 Å². The number of hydrogen-bond donors (Lipinski definition) is 0. The second-order valence-electron chi connectivity index (χ2n) is 23.1. The summed E-state index contributed by atoms with van der Waals surface area (Å²) in [6.45, 7) is 30.6. The van der Waals surface area contributed by atoms with Crippen LogP contribution < -0.4 is 14.5 Å². The van der Waals surface area contributed by atoms with Crippen LogP contribution in [0.5, 0.6) is 11.5 Å². The fraction of sp³-hybridized carbons (Fsp3) is 0.295. The largest absolute Gasteiger partial charge is 0.509 e. The molecule has 0 atom stereocenters. The molecule has 0 fully saturated rings. The molecule has 68 heavy (non-hydrogen) atoms. The van der Waals surface area contributed by atoms with Gasteiger partial charge < -0.3 is 19.1 Å². The van der Waals surface area contributed by atoms with E-state index in [4.69, 9.17) is 9.72 Å². The molecule has 1 aliphatic carbocycles. The van der Waals surface area contributed by atoms with Gasteiger partial charge in [-0.2, -0.15) is 24.1 Å². The average Bonchev–Trinajstić information content (AvgIpc) is 3.89. The van der Waals surface area contributed by atoms with Gasteiger partial charge in [-0.25, -0.2) is 4.98 Å². The van der Waals surface area contributed by atoms with Crippen molar-refractivity contribution in [2.45, 2.75) is 110 Å². The number of hydrogen-bond acceptors (Lipinski definition) is 5. The predicted octanol–water partition coefficient (Wildman–Crippen LogP) is 15.0. The van der Waals surface area contributed by atoms with Crippen LogP contribution >= 0.6 is 0 Å². The molecule has 7 heteroatoms. The number of aromatic nitrogens is 2. The van der Waals surface area contributed by atoms with Crippen LogP contribution in [0.2, 0.25) is 0 Å². The van der Waals surface area contributed by atoms with E-state index in [-0.39, 0.29) is 42.7 Å². The topological polar surface area (TPSA) is 57.3 Å². The number of para-hydroxylation sites is 2. The summed E-state index contributed by atoms with van der Waals surface area (Å²) < 4.78 is 8.98. The monoisotopic (exact) mass is 1070 g/mol. The molecule has 0 radical (unpaired) electrons. The molecule has 0 saturated heterocycles. The van der Waals surface area contributed by atoms with Crippen molar-refractivity contribution in [3.63, 3.8) is 0 Å². The maximum atomic E-state index is 9.80. The Kier molecular flexibility index (Phi) is 10.2. The molecule has 4 heterocycles. The summed E-state index contributed by atoms with van der Waals surface area (Å²) in [7, 11) is 2.15. The van der Waals surface area contributed by atoms with E-state index in [1.165, 1.54) is 61.3 Å². The van der Waals surface area contributed by atoms with Crippen molar-refractivity contribution < 1.29 is 25.8 Å². The van der Waals surface area contributed by atoms with Crippen molar-refractivity contribution in [1.82, 2.24) is 9.55 Å². The molecule has 0 N–H and O–H groups in total. The molecule has 8 aromatic rings. The Hall–Kier alpha value is -6.15. The maximum Gasteiger partial charge on any atom is 0.136 e. The zero-order valence-electron chi connectivity index (χ0n) is 41.4. The second kappa shape index (κ2) is 15.2. The first kappa shape index (κ1) is 45.6. The zero-order valence-corrected chi connectivity index (χ0v) is 43.7. The van der Waals surface area contributed by atoms with Crippen LogP contribution in [0.15, 0.2) is 109 Å². The summed E-state index contributed by atoms with van der Waals surface area (Å²) in [5, 5.41) is 11.9. The minimum Gasteiger partial charge on any atom is -0.509 e. The van der Waals surface area contributed by atoms with Crippen molar-refractivity contribution in [3.8, 4) is 34.5 Å². The molecule has 346 valence electrons. The Balaban J connectivity index is 0.00000539. The Labute approximate surface area is 416 Å². The van der Waals surface area contributed by atoms with E-state index in [2.05, 4.69) is 202 Å². The first-order chi connectivity index (χ1) is 31.6. The first-order valence-electron chi connectivity index (χ1n) is 23.6. The quantitative estimate of drug-likeness (QED) is 0.165. The fourth-order valence-electron chi connectivity index (χ4n) is 11.1. The van der Waals surface area contributed by atoms with Crippen LogP contribution in [0, 0.1) is 30.1 Å². The van der Waals surface area contributed by atoms with E-state index >= 15 is 0 Å². The first-order valence-corrected chi connectivity index (χ1v) is 23.6. The smallest absolute Gasteiger partial charge is 0.136 e. The van der Waals surface area contributed by atoms with Gasteiger partial charge in [0.15, 0.2) is 0 Å². The van der Waals surface area contributed by atoms with E-state index in [1.807, 2.05) is 24.3 Å². The van der Waals surface area contributed by atoms with Gasteiger partial charge >= 0.3 is 0 Å². The standard InChI is InChI=1S/C61H58N5O.Pt/c1-57(2,3)37-28-43-44-29-38(58(4,5)6)31-48(60(10,11)12)55(44)61(54(43)47(30-37)59(7,8)9)45-24-22-40(33-52(45)65-35-64(13)50-20-16-18-46(61)56(50)65)67-39-21-23-42-41-17-14-15-19-49(41)66(51(42)32-39)53-27-36(34-62)25-26-63-53;/h14-31,35H,1-13H3;/q-3;. The van der Waals surface area contributed by atoms with Gasteiger partial charge in [-0.05, 0) is 108 Å². The van der Waals surface area contributed by atoms with Gasteiger partial charge in [0.05, 0.1) is 11.6 Å². The van der Waals surface area contributed by atoms with E-state index in [0.717, 1.165) is 33.2 Å². The SMILES string of the molecule is CN1[CH-]N2c3[c-]c(Oc4[c-]c5c(cc4)c4ccccc4n5-c4cc(C#N)ccn4)ccc3C3(c4cccc1c42)c1c(cc(C(C)(C)C)cc1C(C)(C)C)-c1cc(C(C)(C)C)cc(C(C)(C)C)c13.[Pt]. The van der Waals surface area contributed by atoms with Gasteiger partial charge in [0, 0.05) is 61.1 Å². The van der Waals surface area contributed by atoms with Crippen LogP contribution in [-0.2, 0) is 48.1 Å². The normalized spacial score (nSPS) is 14.7. The summed E-state index contributed by atoms with van der Waals surface area (Å²) in [4.78, 5) is 9.30. The number of fused-ring (bicyclic) bond motifs is 12. The third kappa shape index (κ3) is 6.63. The van der Waals surface area contributed by atoms with Crippen LogP contribution in [0.25, 0.3) is 38.8 Å². The maximum absolute atomic E-state index is 9.80. The van der Waals surface area contributed by atoms with Crippen molar-refractivity contribution in [3.05, 3.63) is 178 Å². The van der Waals surface area contributed by atoms with Gasteiger partial charge in [-0.15, -0.1) is 35.2 Å². The van der Waals surface area contributed by atoms with Crippen molar-refractivity contribution in [2.24, 2.45) is 0 Å². The molecule has 2 aliphatic heterocycles. The summed E-state index contributed by atoms with van der Waals surface area (Å²) in [6.07, 6.45) is 1.68. The molecule has 1 spiro atoms. The summed E-state index contributed by atoms with van der Waals surface area (Å²) in [6, 6.07) is 47.2. The Bertz CT molecular complexity index is 3370. The third-order valence-corrected chi connectivity index (χ3v) is 14.4. The molecule has 6 nitrogen and oxygen atoms in total. The van der Waals surface area contributed by atoms with Crippen molar-refractivity contribution in [1.29, 1.82) is 5.26 Å².